The summed E-state index contributed by atoms with van der Waals surface area (Å²) < 4.78 is 0. The number of nitrogens with one attached hydrogen (secondary N) is 1. The fourth-order valence-electron chi connectivity index (χ4n) is 3.45. The number of carbonyl (C=O) groups excluding carboxylic acids is 2. The third kappa shape index (κ3) is 2.23. The van der Waals surface area contributed by atoms with Gasteiger partial charge in [0.25, 0.3) is 0 Å². The van der Waals surface area contributed by atoms with E-state index < -0.39 is 6.04 Å². The molecule has 4 heteroatoms. The van der Waals surface area contributed by atoms with Crippen LogP contribution in [0.5, 0.6) is 0 Å². The van der Waals surface area contributed by atoms with E-state index in [1.807, 2.05) is 20.8 Å². The molecule has 0 radical (unpaired) electrons. The molecule has 0 spiro atoms. The molecule has 0 bridgehead atoms. The van der Waals surface area contributed by atoms with Crippen molar-refractivity contribution in [1.82, 2.24) is 10.2 Å². The van der Waals surface area contributed by atoms with Crippen LogP contribution in [0.15, 0.2) is 0 Å². The van der Waals surface area contributed by atoms with E-state index in [0.717, 1.165) is 0 Å². The van der Waals surface area contributed by atoms with Crippen molar-refractivity contribution in [3.63, 3.8) is 0 Å². The van der Waals surface area contributed by atoms with Gasteiger partial charge in [0.2, 0.25) is 11.8 Å². The summed E-state index contributed by atoms with van der Waals surface area (Å²) in [4.78, 5) is 26.3. The molecule has 1 atom stereocenters. The first-order valence-electron chi connectivity index (χ1n) is 7.47. The number of nitrogens with zero attached hydrogens (tertiary/aromatic N) is 1. The summed E-state index contributed by atoms with van der Waals surface area (Å²) in [6, 6.07) is -0.409. The van der Waals surface area contributed by atoms with Crippen molar-refractivity contribution in [2.24, 2.45) is 22.2 Å². The Labute approximate surface area is 122 Å². The maximum atomic E-state index is 12.6. The molecule has 1 saturated heterocycles. The molecule has 1 unspecified atom stereocenters. The van der Waals surface area contributed by atoms with Gasteiger partial charge in [-0.2, -0.15) is 0 Å². The molecular weight excluding hydrogens is 252 g/mol. The van der Waals surface area contributed by atoms with E-state index in [2.05, 4.69) is 33.0 Å². The van der Waals surface area contributed by atoms with Crippen LogP contribution in [-0.2, 0) is 9.59 Å². The zero-order chi connectivity index (χ0) is 15.5. The number of piperazine rings is 1. The molecule has 2 fully saturated rings. The van der Waals surface area contributed by atoms with Gasteiger partial charge < -0.3 is 10.2 Å². The Balaban J connectivity index is 2.13. The maximum absolute atomic E-state index is 12.6. The Kier molecular flexibility index (Phi) is 3.23. The second-order valence-electron chi connectivity index (χ2n) is 8.58. The maximum Gasteiger partial charge on any atom is 0.246 e. The second-order valence-corrected chi connectivity index (χ2v) is 8.58. The molecule has 1 heterocycles. The van der Waals surface area contributed by atoms with E-state index in [4.69, 9.17) is 0 Å². The van der Waals surface area contributed by atoms with Gasteiger partial charge in [0.05, 0.1) is 6.54 Å². The Morgan fingerprint density at radius 1 is 1.15 bits per heavy atom. The number of amides is 2. The van der Waals surface area contributed by atoms with Crippen molar-refractivity contribution in [2.75, 3.05) is 13.1 Å². The van der Waals surface area contributed by atoms with Crippen LogP contribution in [0.3, 0.4) is 0 Å². The fourth-order valence-corrected chi connectivity index (χ4v) is 3.45. The van der Waals surface area contributed by atoms with Crippen LogP contribution in [0, 0.1) is 22.2 Å². The molecule has 4 nitrogen and oxygen atoms in total. The monoisotopic (exact) mass is 280 g/mol. The summed E-state index contributed by atoms with van der Waals surface area (Å²) in [5.74, 6) is 0.488. The molecule has 0 aromatic carbocycles. The first-order chi connectivity index (χ1) is 8.89. The highest BCUT2D eigenvalue weighted by Gasteiger charge is 2.65. The Morgan fingerprint density at radius 3 is 2.05 bits per heavy atom. The average molecular weight is 280 g/mol. The SMILES string of the molecule is CC(C)(C)C1NC(=O)CN(CC2C(C)(C)C2(C)C)C1=O. The zero-order valence-electron chi connectivity index (χ0n) is 13.8. The quantitative estimate of drug-likeness (QED) is 0.841. The van der Waals surface area contributed by atoms with Gasteiger partial charge in [0, 0.05) is 6.54 Å². The minimum atomic E-state index is -0.409. The lowest BCUT2D eigenvalue weighted by Gasteiger charge is -2.39. The van der Waals surface area contributed by atoms with Crippen LogP contribution in [0.4, 0.5) is 0 Å². The smallest absolute Gasteiger partial charge is 0.246 e. The molecule has 0 aromatic rings. The Morgan fingerprint density at radius 2 is 1.65 bits per heavy atom. The normalized spacial score (nSPS) is 29.4. The van der Waals surface area contributed by atoms with Gasteiger partial charge in [-0.15, -0.1) is 0 Å². The molecule has 0 aromatic heterocycles. The van der Waals surface area contributed by atoms with Crippen LogP contribution < -0.4 is 5.32 Å². The number of carbonyl (C=O) groups is 2. The summed E-state index contributed by atoms with van der Waals surface area (Å²) in [7, 11) is 0. The van der Waals surface area contributed by atoms with Crippen LogP contribution in [0.25, 0.3) is 0 Å². The van der Waals surface area contributed by atoms with Crippen molar-refractivity contribution in [3.05, 3.63) is 0 Å². The summed E-state index contributed by atoms with van der Waals surface area (Å²) in [6.07, 6.45) is 0. The molecule has 1 aliphatic carbocycles. The Bertz CT molecular complexity index is 432. The van der Waals surface area contributed by atoms with Crippen molar-refractivity contribution >= 4 is 11.8 Å². The van der Waals surface area contributed by atoms with Crippen LogP contribution in [0.1, 0.15) is 48.5 Å². The molecular formula is C16H28N2O2. The third-order valence-electron chi connectivity index (χ3n) is 5.79. The largest absolute Gasteiger partial charge is 0.342 e. The Hall–Kier alpha value is -1.06. The van der Waals surface area contributed by atoms with Crippen molar-refractivity contribution in [3.8, 4) is 0 Å². The summed E-state index contributed by atoms with van der Waals surface area (Å²) in [6.45, 7) is 15.8. The summed E-state index contributed by atoms with van der Waals surface area (Å²) >= 11 is 0. The fraction of sp³-hybridized carbons (Fsp3) is 0.875. The minimum absolute atomic E-state index is 0.0409. The van der Waals surface area contributed by atoms with Gasteiger partial charge in [-0.25, -0.2) is 0 Å². The average Bonchev–Trinajstić information content (AvgIpc) is 2.64. The van der Waals surface area contributed by atoms with Crippen LogP contribution in [0.2, 0.25) is 0 Å². The van der Waals surface area contributed by atoms with E-state index >= 15 is 0 Å². The molecule has 2 rings (SSSR count). The topological polar surface area (TPSA) is 49.4 Å². The lowest BCUT2D eigenvalue weighted by atomic mass is 9.84. The molecule has 114 valence electrons. The molecule has 1 saturated carbocycles. The molecule has 2 aliphatic rings. The van der Waals surface area contributed by atoms with E-state index in [0.29, 0.717) is 12.5 Å². The van der Waals surface area contributed by atoms with E-state index in [1.165, 1.54) is 0 Å². The predicted octanol–water partition coefficient (Wildman–Crippen LogP) is 2.04. The van der Waals surface area contributed by atoms with Crippen LogP contribution >= 0.6 is 0 Å². The minimum Gasteiger partial charge on any atom is -0.342 e. The van der Waals surface area contributed by atoms with Gasteiger partial charge in [0.15, 0.2) is 0 Å². The lowest BCUT2D eigenvalue weighted by molar-refractivity contribution is -0.147. The van der Waals surface area contributed by atoms with Gasteiger partial charge in [0.1, 0.15) is 6.04 Å². The lowest BCUT2D eigenvalue weighted by Crippen LogP contribution is -2.62. The third-order valence-corrected chi connectivity index (χ3v) is 5.79. The van der Waals surface area contributed by atoms with E-state index in [-0.39, 0.29) is 34.6 Å². The number of hydrogen-bond donors (Lipinski definition) is 1. The van der Waals surface area contributed by atoms with Gasteiger partial charge in [-0.3, -0.25) is 9.59 Å². The zero-order valence-corrected chi connectivity index (χ0v) is 13.8. The molecule has 20 heavy (non-hydrogen) atoms. The summed E-state index contributed by atoms with van der Waals surface area (Å²) in [5, 5.41) is 2.84. The van der Waals surface area contributed by atoms with Crippen molar-refractivity contribution in [1.29, 1.82) is 0 Å². The highest BCUT2D eigenvalue weighted by molar-refractivity contribution is 5.95. The van der Waals surface area contributed by atoms with Crippen molar-refractivity contribution < 1.29 is 9.59 Å². The van der Waals surface area contributed by atoms with Crippen molar-refractivity contribution in [2.45, 2.75) is 54.5 Å². The van der Waals surface area contributed by atoms with E-state index in [1.54, 1.807) is 4.90 Å². The first-order valence-corrected chi connectivity index (χ1v) is 7.47. The summed E-state index contributed by atoms with van der Waals surface area (Å²) in [5.41, 5.74) is 0.219. The predicted molar refractivity (Wildman–Crippen MR) is 79.0 cm³/mol. The van der Waals surface area contributed by atoms with Gasteiger partial charge in [-0.1, -0.05) is 48.5 Å². The number of hydrogen-bond acceptors (Lipinski definition) is 2. The molecule has 1 aliphatic heterocycles. The molecule has 1 N–H and O–H groups in total. The van der Waals surface area contributed by atoms with Gasteiger partial charge in [-0.05, 0) is 22.2 Å². The molecule has 2 amide bonds. The van der Waals surface area contributed by atoms with E-state index in [9.17, 15) is 9.59 Å². The van der Waals surface area contributed by atoms with Crippen LogP contribution in [-0.4, -0.2) is 35.8 Å². The van der Waals surface area contributed by atoms with Gasteiger partial charge >= 0.3 is 0 Å². The highest BCUT2D eigenvalue weighted by atomic mass is 16.2. The highest BCUT2D eigenvalue weighted by Crippen LogP contribution is 2.68. The second kappa shape index (κ2) is 4.22. The number of rotatable bonds is 2. The standard InChI is InChI=1S/C16H28N2O2/c1-14(2,3)12-13(20)18(9-11(19)17-12)8-10-15(4,5)16(10,6)7/h10,12H,8-9H2,1-7H3,(H,17,19). The first kappa shape index (κ1) is 15.3.